The number of nitrogens with zero attached hydrogens (tertiary/aromatic N) is 3. The maximum Gasteiger partial charge on any atom is 0.347 e. The first-order valence-corrected chi connectivity index (χ1v) is 7.73. The number of carbonyl (C=O) groups excluding carboxylic acids is 1. The van der Waals surface area contributed by atoms with Gasteiger partial charge in [-0.1, -0.05) is 0 Å². The molecule has 1 aromatic carbocycles. The molecular formula is C18H17N3O3. The standard InChI is InChI=1S/C18H17N3O3/c1-23-16-11-13(12-19)6-7-15(16)24-18(22)14-5-4-8-20-17(14)21-9-2-3-10-21/h4-8,11H,2-3,9-10H2,1H3. The van der Waals surface area contributed by atoms with Crippen molar-refractivity contribution >= 4 is 11.8 Å². The van der Waals surface area contributed by atoms with Gasteiger partial charge in [0, 0.05) is 25.4 Å². The summed E-state index contributed by atoms with van der Waals surface area (Å²) in [6.45, 7) is 1.77. The van der Waals surface area contributed by atoms with Gasteiger partial charge >= 0.3 is 5.97 Å². The molecule has 1 fully saturated rings. The Balaban J connectivity index is 1.87. The zero-order chi connectivity index (χ0) is 16.9. The molecule has 2 aromatic rings. The summed E-state index contributed by atoms with van der Waals surface area (Å²) in [5, 5.41) is 8.94. The van der Waals surface area contributed by atoms with Crippen molar-refractivity contribution in [3.05, 3.63) is 47.7 Å². The summed E-state index contributed by atoms with van der Waals surface area (Å²) in [5.41, 5.74) is 0.858. The lowest BCUT2D eigenvalue weighted by Crippen LogP contribution is -2.23. The molecule has 1 aliphatic heterocycles. The predicted octanol–water partition coefficient (Wildman–Crippen LogP) is 2.78. The number of hydrogen-bond acceptors (Lipinski definition) is 6. The number of hydrogen-bond donors (Lipinski definition) is 0. The molecule has 24 heavy (non-hydrogen) atoms. The van der Waals surface area contributed by atoms with Gasteiger partial charge in [0.15, 0.2) is 11.5 Å². The Bertz CT molecular complexity index is 792. The third-order valence-electron chi connectivity index (χ3n) is 3.91. The number of anilines is 1. The van der Waals surface area contributed by atoms with Crippen LogP contribution >= 0.6 is 0 Å². The monoisotopic (exact) mass is 323 g/mol. The van der Waals surface area contributed by atoms with E-state index in [1.54, 1.807) is 30.5 Å². The zero-order valence-electron chi connectivity index (χ0n) is 13.4. The Morgan fingerprint density at radius 2 is 2.04 bits per heavy atom. The molecule has 3 rings (SSSR count). The zero-order valence-corrected chi connectivity index (χ0v) is 13.4. The summed E-state index contributed by atoms with van der Waals surface area (Å²) in [5.74, 6) is 0.771. The van der Waals surface area contributed by atoms with Crippen LogP contribution in [0.25, 0.3) is 0 Å². The minimum atomic E-state index is -0.493. The van der Waals surface area contributed by atoms with Crippen LogP contribution in [0.4, 0.5) is 5.82 Å². The predicted molar refractivity (Wildman–Crippen MR) is 88.4 cm³/mol. The van der Waals surface area contributed by atoms with Crippen LogP contribution in [0.15, 0.2) is 36.5 Å². The lowest BCUT2D eigenvalue weighted by Gasteiger charge is -2.19. The topological polar surface area (TPSA) is 75.5 Å². The van der Waals surface area contributed by atoms with E-state index in [9.17, 15) is 4.79 Å². The highest BCUT2D eigenvalue weighted by Gasteiger charge is 2.22. The molecule has 1 aliphatic rings. The van der Waals surface area contributed by atoms with Crippen LogP contribution in [0.3, 0.4) is 0 Å². The summed E-state index contributed by atoms with van der Waals surface area (Å²) in [6, 6.07) is 10.1. The van der Waals surface area contributed by atoms with E-state index in [1.807, 2.05) is 6.07 Å². The van der Waals surface area contributed by atoms with Crippen molar-refractivity contribution in [2.45, 2.75) is 12.8 Å². The van der Waals surface area contributed by atoms with Gasteiger partial charge in [-0.25, -0.2) is 9.78 Å². The molecule has 2 heterocycles. The van der Waals surface area contributed by atoms with Gasteiger partial charge in [0.05, 0.1) is 18.7 Å². The molecule has 0 N–H and O–H groups in total. The molecular weight excluding hydrogens is 306 g/mol. The number of rotatable bonds is 4. The fourth-order valence-corrected chi connectivity index (χ4v) is 2.71. The normalized spacial score (nSPS) is 13.4. The Labute approximate surface area is 140 Å². The third kappa shape index (κ3) is 3.15. The number of pyridine rings is 1. The van der Waals surface area contributed by atoms with Crippen molar-refractivity contribution < 1.29 is 14.3 Å². The molecule has 0 radical (unpaired) electrons. The Hall–Kier alpha value is -3.07. The van der Waals surface area contributed by atoms with Crippen molar-refractivity contribution in [2.75, 3.05) is 25.1 Å². The number of nitriles is 1. The highest BCUT2D eigenvalue weighted by molar-refractivity contribution is 5.96. The van der Waals surface area contributed by atoms with E-state index >= 15 is 0 Å². The largest absolute Gasteiger partial charge is 0.493 e. The molecule has 0 amide bonds. The van der Waals surface area contributed by atoms with E-state index in [0.29, 0.717) is 22.7 Å². The lowest BCUT2D eigenvalue weighted by atomic mass is 10.2. The van der Waals surface area contributed by atoms with E-state index in [-0.39, 0.29) is 5.75 Å². The van der Waals surface area contributed by atoms with Crippen LogP contribution in [0.2, 0.25) is 0 Å². The van der Waals surface area contributed by atoms with Crippen LogP contribution in [0.1, 0.15) is 28.8 Å². The molecule has 0 spiro atoms. The van der Waals surface area contributed by atoms with Crippen LogP contribution < -0.4 is 14.4 Å². The van der Waals surface area contributed by atoms with Crippen molar-refractivity contribution in [3.63, 3.8) is 0 Å². The van der Waals surface area contributed by atoms with Gasteiger partial charge in [-0.05, 0) is 37.1 Å². The van der Waals surface area contributed by atoms with Gasteiger partial charge in [0.2, 0.25) is 0 Å². The maximum atomic E-state index is 12.6. The van der Waals surface area contributed by atoms with Gasteiger partial charge in [-0.15, -0.1) is 0 Å². The molecule has 6 nitrogen and oxygen atoms in total. The molecule has 122 valence electrons. The quantitative estimate of drug-likeness (QED) is 0.636. The number of esters is 1. The highest BCUT2D eigenvalue weighted by atomic mass is 16.6. The van der Waals surface area contributed by atoms with Gasteiger partial charge in [0.1, 0.15) is 11.4 Å². The Morgan fingerprint density at radius 3 is 2.75 bits per heavy atom. The number of carbonyl (C=O) groups is 1. The Morgan fingerprint density at radius 1 is 1.25 bits per heavy atom. The summed E-state index contributed by atoms with van der Waals surface area (Å²) >= 11 is 0. The van der Waals surface area contributed by atoms with E-state index in [1.165, 1.54) is 13.2 Å². The first-order chi connectivity index (χ1) is 11.7. The van der Waals surface area contributed by atoms with Gasteiger partial charge in [-0.2, -0.15) is 5.26 Å². The fraction of sp³-hybridized carbons (Fsp3) is 0.278. The molecule has 0 bridgehead atoms. The van der Waals surface area contributed by atoms with Gasteiger partial charge < -0.3 is 14.4 Å². The molecule has 0 aliphatic carbocycles. The second-order valence-corrected chi connectivity index (χ2v) is 5.44. The van der Waals surface area contributed by atoms with E-state index in [2.05, 4.69) is 9.88 Å². The van der Waals surface area contributed by atoms with E-state index < -0.39 is 5.97 Å². The highest BCUT2D eigenvalue weighted by Crippen LogP contribution is 2.30. The van der Waals surface area contributed by atoms with E-state index in [0.717, 1.165) is 25.9 Å². The average molecular weight is 323 g/mol. The molecule has 0 atom stereocenters. The average Bonchev–Trinajstić information content (AvgIpc) is 3.16. The van der Waals surface area contributed by atoms with Crippen molar-refractivity contribution in [2.24, 2.45) is 0 Å². The molecule has 0 saturated carbocycles. The van der Waals surface area contributed by atoms with Crippen LogP contribution in [-0.4, -0.2) is 31.2 Å². The minimum Gasteiger partial charge on any atom is -0.493 e. The third-order valence-corrected chi connectivity index (χ3v) is 3.91. The summed E-state index contributed by atoms with van der Waals surface area (Å²) in [7, 11) is 1.47. The number of methoxy groups -OCH3 is 1. The number of ether oxygens (including phenoxy) is 2. The first-order valence-electron chi connectivity index (χ1n) is 7.73. The van der Waals surface area contributed by atoms with Crippen LogP contribution in [0, 0.1) is 11.3 Å². The van der Waals surface area contributed by atoms with Crippen LogP contribution in [-0.2, 0) is 0 Å². The summed E-state index contributed by atoms with van der Waals surface area (Å²) < 4.78 is 10.7. The molecule has 6 heteroatoms. The minimum absolute atomic E-state index is 0.276. The molecule has 1 aromatic heterocycles. The number of benzene rings is 1. The SMILES string of the molecule is COc1cc(C#N)ccc1OC(=O)c1cccnc1N1CCCC1. The maximum absolute atomic E-state index is 12.6. The fourth-order valence-electron chi connectivity index (χ4n) is 2.71. The van der Waals surface area contributed by atoms with Gasteiger partial charge in [0.25, 0.3) is 0 Å². The van der Waals surface area contributed by atoms with Crippen LogP contribution in [0.5, 0.6) is 11.5 Å². The van der Waals surface area contributed by atoms with Crippen molar-refractivity contribution in [3.8, 4) is 17.6 Å². The smallest absolute Gasteiger partial charge is 0.347 e. The molecule has 0 unspecified atom stereocenters. The van der Waals surface area contributed by atoms with E-state index in [4.69, 9.17) is 14.7 Å². The molecule has 1 saturated heterocycles. The second kappa shape index (κ2) is 7.01. The first kappa shape index (κ1) is 15.8. The number of aromatic nitrogens is 1. The lowest BCUT2D eigenvalue weighted by molar-refractivity contribution is 0.0730. The summed E-state index contributed by atoms with van der Waals surface area (Å²) in [4.78, 5) is 19.0. The summed E-state index contributed by atoms with van der Waals surface area (Å²) in [6.07, 6.45) is 3.86. The van der Waals surface area contributed by atoms with Crippen molar-refractivity contribution in [1.29, 1.82) is 5.26 Å². The Kier molecular flexibility index (Phi) is 4.62. The second-order valence-electron chi connectivity index (χ2n) is 5.44. The van der Waals surface area contributed by atoms with Crippen molar-refractivity contribution in [1.82, 2.24) is 4.98 Å². The van der Waals surface area contributed by atoms with Gasteiger partial charge in [-0.3, -0.25) is 0 Å².